The van der Waals surface area contributed by atoms with Crippen LogP contribution >= 0.6 is 0 Å². The number of imide groups is 1. The van der Waals surface area contributed by atoms with E-state index in [1.807, 2.05) is 59.7 Å². The lowest BCUT2D eigenvalue weighted by atomic mass is 9.78. The molecular formula is C35H52N6O7. The normalized spacial score (nSPS) is 25.3. The summed E-state index contributed by atoms with van der Waals surface area (Å²) in [6.07, 6.45) is 2.68. The van der Waals surface area contributed by atoms with Crippen LogP contribution in [0.5, 0.6) is 0 Å². The number of piperazine rings is 1. The summed E-state index contributed by atoms with van der Waals surface area (Å²) in [4.78, 5) is 69.9. The highest BCUT2D eigenvalue weighted by molar-refractivity contribution is 6.06. The molecule has 3 heterocycles. The second kappa shape index (κ2) is 14.3. The molecule has 13 heteroatoms. The molecule has 13 nitrogen and oxygen atoms in total. The first-order valence-corrected chi connectivity index (χ1v) is 17.3. The molecule has 4 aliphatic rings. The summed E-state index contributed by atoms with van der Waals surface area (Å²) in [6.45, 7) is 15.1. The van der Waals surface area contributed by atoms with E-state index >= 15 is 0 Å². The van der Waals surface area contributed by atoms with Crippen molar-refractivity contribution in [2.75, 3.05) is 44.6 Å². The van der Waals surface area contributed by atoms with E-state index in [-0.39, 0.29) is 48.8 Å². The molecule has 264 valence electrons. The first kappa shape index (κ1) is 35.4. The quantitative estimate of drug-likeness (QED) is 0.366. The minimum Gasteiger partial charge on any atom is -0.444 e. The molecule has 0 spiro atoms. The number of fused-ring (bicyclic) bond motifs is 1. The van der Waals surface area contributed by atoms with Gasteiger partial charge in [-0.2, -0.15) is 0 Å². The maximum atomic E-state index is 14.1. The Morgan fingerprint density at radius 2 is 1.56 bits per heavy atom. The topological polar surface area (TPSA) is 150 Å². The Morgan fingerprint density at radius 3 is 2.19 bits per heavy atom. The van der Waals surface area contributed by atoms with Crippen molar-refractivity contribution < 1.29 is 33.4 Å². The zero-order chi connectivity index (χ0) is 34.8. The fraction of sp³-hybridized carbons (Fsp3) is 0.686. The molecule has 3 N–H and O–H groups in total. The summed E-state index contributed by atoms with van der Waals surface area (Å²) >= 11 is 0. The number of hydrogen-bond donors (Lipinski definition) is 3. The number of amides is 5. The summed E-state index contributed by atoms with van der Waals surface area (Å²) in [5.41, 5.74) is 1.22. The van der Waals surface area contributed by atoms with Gasteiger partial charge in [-0.1, -0.05) is 6.07 Å². The van der Waals surface area contributed by atoms with Crippen molar-refractivity contribution in [1.29, 1.82) is 0 Å². The van der Waals surface area contributed by atoms with E-state index in [0.717, 1.165) is 56.6 Å². The van der Waals surface area contributed by atoms with Crippen LogP contribution in [0.4, 0.5) is 15.3 Å². The molecule has 0 bridgehead atoms. The minimum absolute atomic E-state index is 0.0409. The Kier molecular flexibility index (Phi) is 10.6. The Bertz CT molecular complexity index is 1390. The number of benzene rings is 1. The van der Waals surface area contributed by atoms with E-state index in [9.17, 15) is 24.0 Å². The molecule has 5 rings (SSSR count). The SMILES string of the molecule is CC(C)(C)OC(=O)NC1CCC([C@@H]2c3c(NCCN4CCN(C(=O)OC(C)(C)C)CC4)cccc3C(=O)N2[C@@H]2CCC(=O)NC2=O)CC1. The molecule has 2 saturated heterocycles. The van der Waals surface area contributed by atoms with Crippen LogP contribution < -0.4 is 16.0 Å². The van der Waals surface area contributed by atoms with Crippen LogP contribution in [0.15, 0.2) is 18.2 Å². The van der Waals surface area contributed by atoms with Crippen molar-refractivity contribution >= 4 is 35.6 Å². The number of rotatable bonds is 7. The van der Waals surface area contributed by atoms with Crippen LogP contribution in [0.1, 0.15) is 102 Å². The number of carbonyl (C=O) groups excluding carboxylic acids is 5. The number of ether oxygens (including phenoxy) is 2. The van der Waals surface area contributed by atoms with Gasteiger partial charge in [-0.05, 0) is 91.7 Å². The van der Waals surface area contributed by atoms with E-state index in [1.54, 1.807) is 9.80 Å². The van der Waals surface area contributed by atoms with Gasteiger partial charge in [0.25, 0.3) is 5.91 Å². The third-order valence-corrected chi connectivity index (χ3v) is 9.42. The van der Waals surface area contributed by atoms with Crippen LogP contribution in [0.3, 0.4) is 0 Å². The van der Waals surface area contributed by atoms with Crippen molar-refractivity contribution in [2.24, 2.45) is 5.92 Å². The maximum absolute atomic E-state index is 14.1. The maximum Gasteiger partial charge on any atom is 0.410 e. The monoisotopic (exact) mass is 668 g/mol. The van der Waals surface area contributed by atoms with Crippen LogP contribution in [0.25, 0.3) is 0 Å². The molecule has 1 aromatic rings. The van der Waals surface area contributed by atoms with Gasteiger partial charge in [0.1, 0.15) is 17.2 Å². The molecule has 2 atom stereocenters. The summed E-state index contributed by atoms with van der Waals surface area (Å²) in [6, 6.07) is 4.56. The van der Waals surface area contributed by atoms with E-state index in [4.69, 9.17) is 9.47 Å². The lowest BCUT2D eigenvalue weighted by molar-refractivity contribution is -0.137. The van der Waals surface area contributed by atoms with Gasteiger partial charge in [-0.3, -0.25) is 24.6 Å². The number of anilines is 1. The average Bonchev–Trinajstić information content (AvgIpc) is 3.28. The van der Waals surface area contributed by atoms with Crippen molar-refractivity contribution in [3.8, 4) is 0 Å². The lowest BCUT2D eigenvalue weighted by Gasteiger charge is -2.41. The van der Waals surface area contributed by atoms with Crippen LogP contribution in [0.2, 0.25) is 0 Å². The standard InChI is InChI=1S/C35H52N6O7/c1-34(2,3)47-32(45)37-23-12-10-22(11-13-23)29-28-24(31(44)41(29)26-14-15-27(42)38-30(26)43)8-7-9-25(28)36-16-17-39-18-20-40(21-19-39)33(46)48-35(4,5)6/h7-9,22-23,26,29,36H,10-21H2,1-6H3,(H,37,45)(H,38,42,43)/t22?,23?,26-,29-/m1/s1. The molecule has 3 fully saturated rings. The summed E-state index contributed by atoms with van der Waals surface area (Å²) in [5, 5.41) is 9.04. The second-order valence-corrected chi connectivity index (χ2v) is 15.4. The molecule has 1 saturated carbocycles. The second-order valence-electron chi connectivity index (χ2n) is 15.4. The van der Waals surface area contributed by atoms with Gasteiger partial charge in [0.15, 0.2) is 0 Å². The molecule has 1 aliphatic carbocycles. The van der Waals surface area contributed by atoms with Crippen molar-refractivity contribution in [3.63, 3.8) is 0 Å². The first-order chi connectivity index (χ1) is 22.6. The van der Waals surface area contributed by atoms with Gasteiger partial charge in [-0.25, -0.2) is 9.59 Å². The van der Waals surface area contributed by atoms with Gasteiger partial charge in [0.2, 0.25) is 11.8 Å². The lowest BCUT2D eigenvalue weighted by Crippen LogP contribution is -2.54. The number of piperidine rings is 1. The molecule has 1 aromatic carbocycles. The average molecular weight is 669 g/mol. The Hall–Kier alpha value is -3.87. The van der Waals surface area contributed by atoms with E-state index in [2.05, 4.69) is 20.9 Å². The fourth-order valence-electron chi connectivity index (χ4n) is 7.26. The zero-order valence-electron chi connectivity index (χ0n) is 29.2. The van der Waals surface area contributed by atoms with Gasteiger partial charge in [-0.15, -0.1) is 0 Å². The predicted molar refractivity (Wildman–Crippen MR) is 179 cm³/mol. The molecule has 3 aliphatic heterocycles. The molecule has 0 aromatic heterocycles. The highest BCUT2D eigenvalue weighted by Crippen LogP contribution is 2.48. The summed E-state index contributed by atoms with van der Waals surface area (Å²) in [7, 11) is 0. The minimum atomic E-state index is -0.737. The van der Waals surface area contributed by atoms with Crippen molar-refractivity contribution in [1.82, 2.24) is 25.3 Å². The molecule has 5 amide bonds. The van der Waals surface area contributed by atoms with E-state index in [0.29, 0.717) is 25.2 Å². The van der Waals surface area contributed by atoms with Crippen molar-refractivity contribution in [2.45, 2.75) is 109 Å². The molecule has 0 unspecified atom stereocenters. The molecular weight excluding hydrogens is 616 g/mol. The summed E-state index contributed by atoms with van der Waals surface area (Å²) < 4.78 is 11.0. The number of carbonyl (C=O) groups is 5. The van der Waals surface area contributed by atoms with Gasteiger partial charge < -0.3 is 29.9 Å². The first-order valence-electron chi connectivity index (χ1n) is 17.3. The van der Waals surface area contributed by atoms with Crippen LogP contribution in [0, 0.1) is 5.92 Å². The highest BCUT2D eigenvalue weighted by Gasteiger charge is 2.49. The van der Waals surface area contributed by atoms with E-state index < -0.39 is 29.2 Å². The largest absolute Gasteiger partial charge is 0.444 e. The number of hydrogen-bond acceptors (Lipinski definition) is 9. The Morgan fingerprint density at radius 1 is 0.896 bits per heavy atom. The highest BCUT2D eigenvalue weighted by atomic mass is 16.6. The van der Waals surface area contributed by atoms with Crippen LogP contribution in [-0.2, 0) is 19.1 Å². The van der Waals surface area contributed by atoms with Gasteiger partial charge in [0.05, 0.1) is 6.04 Å². The Balaban J connectivity index is 1.28. The smallest absolute Gasteiger partial charge is 0.410 e. The number of nitrogens with one attached hydrogen (secondary N) is 3. The summed E-state index contributed by atoms with van der Waals surface area (Å²) in [5.74, 6) is -0.890. The third-order valence-electron chi connectivity index (χ3n) is 9.42. The Labute approximate surface area is 283 Å². The van der Waals surface area contributed by atoms with Gasteiger partial charge in [0, 0.05) is 68.5 Å². The molecule has 48 heavy (non-hydrogen) atoms. The third kappa shape index (κ3) is 8.58. The number of nitrogens with zero attached hydrogens (tertiary/aromatic N) is 3. The number of alkyl carbamates (subject to hydrolysis) is 1. The van der Waals surface area contributed by atoms with E-state index in [1.165, 1.54) is 0 Å². The molecule has 0 radical (unpaired) electrons. The predicted octanol–water partition coefficient (Wildman–Crippen LogP) is 4.04. The van der Waals surface area contributed by atoms with Crippen molar-refractivity contribution in [3.05, 3.63) is 29.3 Å². The van der Waals surface area contributed by atoms with Crippen LogP contribution in [-0.4, -0.2) is 107 Å². The van der Waals surface area contributed by atoms with Gasteiger partial charge >= 0.3 is 12.2 Å². The zero-order valence-corrected chi connectivity index (χ0v) is 29.2. The fourth-order valence-corrected chi connectivity index (χ4v) is 7.26.